The number of β-lactam (4-membered cyclic amide) rings is 1. The van der Waals surface area contributed by atoms with E-state index in [-0.39, 0.29) is 64.4 Å². The first kappa shape index (κ1) is 39.1. The first-order valence-electron chi connectivity index (χ1n) is 15.8. The molecular weight excluding hydrogens is 764 g/mol. The van der Waals surface area contributed by atoms with Crippen molar-refractivity contribution < 1.29 is 54.0 Å². The van der Waals surface area contributed by atoms with Crippen molar-refractivity contribution in [3.8, 4) is 11.5 Å². The van der Waals surface area contributed by atoms with Crippen LogP contribution in [0.4, 0.5) is 5.13 Å². The highest BCUT2D eigenvalue weighted by atomic mass is 35.5. The fraction of sp³-hybridized carbons (Fsp3) is 0.484. The van der Waals surface area contributed by atoms with Crippen LogP contribution in [0.1, 0.15) is 44.4 Å². The highest BCUT2D eigenvalue weighted by Crippen LogP contribution is 2.55. The number of carboxylic acid groups (broad SMARTS) is 2. The first-order chi connectivity index (χ1) is 24.5. The molecule has 21 heteroatoms. The van der Waals surface area contributed by atoms with Gasteiger partial charge in [-0.05, 0) is 38.2 Å². The van der Waals surface area contributed by atoms with Crippen molar-refractivity contribution in [2.75, 3.05) is 44.3 Å². The number of phenols is 2. The predicted octanol–water partition coefficient (Wildman–Crippen LogP) is 2.46. The molecule has 17 nitrogen and oxygen atoms in total. The van der Waals surface area contributed by atoms with Gasteiger partial charge in [0.2, 0.25) is 11.5 Å². The number of hydrazone groups is 1. The molecule has 6 N–H and O–H groups in total. The number of fused-ring (bicyclic) bond motifs is 1. The molecule has 2 aromatic rings. The van der Waals surface area contributed by atoms with Gasteiger partial charge in [-0.25, -0.2) is 14.6 Å². The number of halogens is 1. The van der Waals surface area contributed by atoms with E-state index in [0.29, 0.717) is 26.3 Å². The summed E-state index contributed by atoms with van der Waals surface area (Å²) in [6.07, 6.45) is -0.190. The average Bonchev–Trinajstić information content (AvgIpc) is 3.70. The van der Waals surface area contributed by atoms with Gasteiger partial charge in [0.25, 0.3) is 0 Å². The second kappa shape index (κ2) is 15.9. The average molecular weight is 799 g/mol. The molecular formula is C31H35ClN6O11S3. The number of phenolic OH excluding ortho intramolecular Hbond substituents is 2. The molecule has 0 saturated carbocycles. The summed E-state index contributed by atoms with van der Waals surface area (Å²) in [5, 5.41) is 50.4. The van der Waals surface area contributed by atoms with Gasteiger partial charge in [-0.15, -0.1) is 34.9 Å². The topological polar surface area (TPSA) is 255 Å². The molecule has 0 aliphatic carbocycles. The van der Waals surface area contributed by atoms with Crippen molar-refractivity contribution in [3.05, 3.63) is 33.8 Å². The van der Waals surface area contributed by atoms with E-state index < -0.39 is 61.9 Å². The zero-order valence-corrected chi connectivity index (χ0v) is 31.0. The maximum absolute atomic E-state index is 13.5. The molecule has 1 aromatic carbocycles. The standard InChI is InChI=1S/C31H35ClN6O11S3/c1-30(2,27(44)45)49-36-23(17-13-50-29(33)34-17)20(41)12-16-25(43)38-14-31(28(46)47,52-26(16)38)51-11-3-4-18(39)22(35-37-7-9-48-10-8-37)15-5-6-19(40)24(42)21(15)32/h5-6,13,16,26,40,42H,3-4,7-12,14H2,1-2H3,(H2,33,34)(H,44,45)(H,46,47)/b35-22-,36-23-/t16-,26-,31-/m1/s1. The number of nitrogens with two attached hydrogens (primary N) is 1. The number of aromatic nitrogens is 1. The van der Waals surface area contributed by atoms with Crippen molar-refractivity contribution in [2.24, 2.45) is 16.2 Å². The molecule has 3 atom stereocenters. The minimum Gasteiger partial charge on any atom is -0.504 e. The SMILES string of the molecule is CC(C)(O/N=C(\C(=O)C[C@@H]1C(=O)N2C[C@](SCCCC(=O)/C(=N\N3CCOCC3)c3ccc(O)c(O)c3Cl)(C(=O)O)S[C@H]12)c1csc(N)n1)C(=O)O. The third-order valence-electron chi connectivity index (χ3n) is 8.31. The molecule has 1 aromatic heterocycles. The number of hydrogen-bond donors (Lipinski definition) is 5. The Bertz CT molecular complexity index is 1830. The van der Waals surface area contributed by atoms with Crippen molar-refractivity contribution >= 4 is 92.4 Å². The number of Topliss-reactive ketones (excluding diaryl/α,β-unsaturated/α-hetero) is 2. The molecule has 3 aliphatic heterocycles. The van der Waals surface area contributed by atoms with Crippen LogP contribution in [0.25, 0.3) is 0 Å². The van der Waals surface area contributed by atoms with Gasteiger partial charge in [-0.1, -0.05) is 16.8 Å². The molecule has 0 radical (unpaired) electrons. The molecule has 0 bridgehead atoms. The summed E-state index contributed by atoms with van der Waals surface area (Å²) in [5.74, 6) is -5.75. The Morgan fingerprint density at radius 2 is 1.88 bits per heavy atom. The van der Waals surface area contributed by atoms with Crippen LogP contribution in [0.2, 0.25) is 5.02 Å². The van der Waals surface area contributed by atoms with E-state index in [2.05, 4.69) is 15.2 Å². The number of oxime groups is 1. The van der Waals surface area contributed by atoms with Crippen LogP contribution in [-0.4, -0.2) is 130 Å². The lowest BCUT2D eigenvalue weighted by Gasteiger charge is -2.41. The number of nitrogens with zero attached hydrogens (tertiary/aromatic N) is 5. The third kappa shape index (κ3) is 8.25. The summed E-state index contributed by atoms with van der Waals surface area (Å²) in [7, 11) is 0. The van der Waals surface area contributed by atoms with Gasteiger partial charge >= 0.3 is 11.9 Å². The quantitative estimate of drug-likeness (QED) is 0.0537. The number of rotatable bonds is 16. The number of carbonyl (C=O) groups excluding carboxylic acids is 3. The Morgan fingerprint density at radius 3 is 2.52 bits per heavy atom. The van der Waals surface area contributed by atoms with Gasteiger partial charge in [0.1, 0.15) is 11.4 Å². The lowest BCUT2D eigenvalue weighted by molar-refractivity contribution is -0.161. The molecule has 3 fully saturated rings. The molecule has 5 rings (SSSR count). The number of thiazole rings is 1. The van der Waals surface area contributed by atoms with Crippen LogP contribution < -0.4 is 5.73 Å². The van der Waals surface area contributed by atoms with E-state index in [9.17, 15) is 44.4 Å². The molecule has 4 heterocycles. The van der Waals surface area contributed by atoms with Crippen molar-refractivity contribution in [1.82, 2.24) is 14.9 Å². The van der Waals surface area contributed by atoms with E-state index in [1.165, 1.54) is 36.3 Å². The Hall–Kier alpha value is -4.11. The van der Waals surface area contributed by atoms with Crippen LogP contribution in [0.15, 0.2) is 27.8 Å². The number of aromatic hydroxyl groups is 2. The number of morpholine rings is 1. The van der Waals surface area contributed by atoms with Crippen molar-refractivity contribution in [1.29, 1.82) is 0 Å². The van der Waals surface area contributed by atoms with Crippen LogP contribution in [0, 0.1) is 5.92 Å². The number of amides is 1. The Balaban J connectivity index is 1.24. The lowest BCUT2D eigenvalue weighted by Crippen LogP contribution is -2.57. The monoisotopic (exact) mass is 798 g/mol. The van der Waals surface area contributed by atoms with Gasteiger partial charge in [0.05, 0.1) is 49.2 Å². The van der Waals surface area contributed by atoms with Gasteiger partial charge < -0.3 is 40.6 Å². The Kier molecular flexibility index (Phi) is 11.9. The zero-order chi connectivity index (χ0) is 38.0. The molecule has 0 unspecified atom stereocenters. The van der Waals surface area contributed by atoms with Gasteiger partial charge in [0.15, 0.2) is 38.0 Å². The third-order valence-corrected chi connectivity index (χ3v) is 12.8. The summed E-state index contributed by atoms with van der Waals surface area (Å²) in [6, 6.07) is 2.58. The number of aliphatic carboxylic acids is 2. The van der Waals surface area contributed by atoms with Gasteiger partial charge in [-0.2, -0.15) is 5.10 Å². The molecule has 3 aliphatic rings. The van der Waals surface area contributed by atoms with Crippen molar-refractivity contribution in [3.63, 3.8) is 0 Å². The normalized spacial score (nSPS) is 22.2. The minimum absolute atomic E-state index is 0.0298. The van der Waals surface area contributed by atoms with Crippen LogP contribution >= 0.6 is 46.5 Å². The summed E-state index contributed by atoms with van der Waals surface area (Å²) in [4.78, 5) is 74.9. The maximum Gasteiger partial charge on any atom is 0.350 e. The number of hydrogen-bond acceptors (Lipinski definition) is 17. The van der Waals surface area contributed by atoms with E-state index >= 15 is 0 Å². The zero-order valence-electron chi connectivity index (χ0n) is 27.8. The summed E-state index contributed by atoms with van der Waals surface area (Å²) in [5.41, 5.74) is 3.77. The van der Waals surface area contributed by atoms with Crippen molar-refractivity contribution in [2.45, 2.75) is 48.2 Å². The molecule has 1 amide bonds. The van der Waals surface area contributed by atoms with E-state index in [4.69, 9.17) is 26.9 Å². The summed E-state index contributed by atoms with van der Waals surface area (Å²) < 4.78 is 3.87. The van der Waals surface area contributed by atoms with Crippen LogP contribution in [0.3, 0.4) is 0 Å². The summed E-state index contributed by atoms with van der Waals surface area (Å²) in [6.45, 7) is 3.98. The second-order valence-electron chi connectivity index (χ2n) is 12.4. The number of ketones is 2. The minimum atomic E-state index is -1.78. The largest absolute Gasteiger partial charge is 0.504 e. The maximum atomic E-state index is 13.5. The van der Waals surface area contributed by atoms with Crippen LogP contribution in [0.5, 0.6) is 11.5 Å². The summed E-state index contributed by atoms with van der Waals surface area (Å²) >= 11 is 9.41. The molecule has 52 heavy (non-hydrogen) atoms. The van der Waals surface area contributed by atoms with E-state index in [1.54, 1.807) is 5.01 Å². The van der Waals surface area contributed by atoms with Gasteiger partial charge in [-0.3, -0.25) is 19.4 Å². The molecule has 280 valence electrons. The number of thioether (sulfide) groups is 2. The second-order valence-corrected chi connectivity index (χ2v) is 16.7. The lowest BCUT2D eigenvalue weighted by atomic mass is 9.90. The van der Waals surface area contributed by atoms with Gasteiger partial charge in [0, 0.05) is 23.8 Å². The fourth-order valence-corrected chi connectivity index (χ4v) is 9.30. The highest BCUT2D eigenvalue weighted by molar-refractivity contribution is 8.19. The number of anilines is 1. The molecule has 0 spiro atoms. The Morgan fingerprint density at radius 1 is 1.17 bits per heavy atom. The van der Waals surface area contributed by atoms with E-state index in [1.807, 2.05) is 0 Å². The molecule has 3 saturated heterocycles. The smallest absolute Gasteiger partial charge is 0.350 e. The predicted molar refractivity (Wildman–Crippen MR) is 193 cm³/mol. The van der Waals surface area contributed by atoms with Crippen LogP contribution in [-0.2, 0) is 33.5 Å². The number of benzene rings is 1. The fourth-order valence-electron chi connectivity index (χ4n) is 5.33. The number of nitrogen functional groups attached to an aromatic ring is 1. The van der Waals surface area contributed by atoms with E-state index in [0.717, 1.165) is 34.9 Å². The highest BCUT2D eigenvalue weighted by Gasteiger charge is 2.62. The number of carboxylic acids is 2. The number of carbonyl (C=O) groups is 5. The first-order valence-corrected chi connectivity index (χ1v) is 18.9. The Labute approximate surface area is 314 Å². The number of ether oxygens (including phenoxy) is 1.